The second-order valence-electron chi connectivity index (χ2n) is 5.24. The highest BCUT2D eigenvalue weighted by Gasteiger charge is 2.10. The van der Waals surface area contributed by atoms with E-state index in [9.17, 15) is 9.50 Å². The minimum atomic E-state index is -0.534. The van der Waals surface area contributed by atoms with Crippen LogP contribution in [0.25, 0.3) is 11.3 Å². The first kappa shape index (κ1) is 15.1. The minimum Gasteiger partial charge on any atom is -0.393 e. The third kappa shape index (κ3) is 3.70. The minimum absolute atomic E-state index is 0.290. The highest BCUT2D eigenvalue weighted by molar-refractivity contribution is 5.61. The molecule has 1 aromatic carbocycles. The Morgan fingerprint density at radius 3 is 2.96 bits per heavy atom. The Kier molecular flexibility index (Phi) is 4.29. The van der Waals surface area contributed by atoms with Crippen molar-refractivity contribution in [3.05, 3.63) is 54.2 Å². The highest BCUT2D eigenvalue weighted by Crippen LogP contribution is 2.21. The molecule has 7 heteroatoms. The van der Waals surface area contributed by atoms with Crippen molar-refractivity contribution in [1.29, 1.82) is 0 Å². The fourth-order valence-corrected chi connectivity index (χ4v) is 2.26. The van der Waals surface area contributed by atoms with Gasteiger partial charge in [0.2, 0.25) is 11.9 Å². The summed E-state index contributed by atoms with van der Waals surface area (Å²) >= 11 is 0. The molecule has 0 aliphatic rings. The number of H-pyrrole nitrogens is 1. The number of nitrogens with zero attached hydrogens (tertiary/aromatic N) is 3. The van der Waals surface area contributed by atoms with Crippen LogP contribution in [0.15, 0.2) is 42.7 Å². The summed E-state index contributed by atoms with van der Waals surface area (Å²) in [5.74, 6) is -0.175. The van der Waals surface area contributed by atoms with Gasteiger partial charge in [0.25, 0.3) is 0 Å². The van der Waals surface area contributed by atoms with Gasteiger partial charge in [-0.3, -0.25) is 5.10 Å². The molecule has 23 heavy (non-hydrogen) atoms. The molecule has 0 amide bonds. The SMILES string of the molecule is CC(O)Cc1cccc(Nc2nccc(-c3cn[nH]c3F)n2)c1. The number of aliphatic hydroxyl groups is 1. The van der Waals surface area contributed by atoms with Crippen LogP contribution in [0.4, 0.5) is 16.0 Å². The molecule has 0 aliphatic carbocycles. The van der Waals surface area contributed by atoms with Crippen molar-refractivity contribution in [2.45, 2.75) is 19.4 Å². The Morgan fingerprint density at radius 2 is 2.22 bits per heavy atom. The molecule has 1 atom stereocenters. The summed E-state index contributed by atoms with van der Waals surface area (Å²) in [6.07, 6.45) is 3.09. The fourth-order valence-electron chi connectivity index (χ4n) is 2.26. The molecule has 2 heterocycles. The number of anilines is 2. The van der Waals surface area contributed by atoms with Gasteiger partial charge in [-0.2, -0.15) is 9.49 Å². The van der Waals surface area contributed by atoms with Crippen LogP contribution in [-0.4, -0.2) is 31.4 Å². The van der Waals surface area contributed by atoms with Gasteiger partial charge in [0, 0.05) is 11.9 Å². The zero-order valence-corrected chi connectivity index (χ0v) is 12.5. The molecule has 3 aromatic rings. The largest absolute Gasteiger partial charge is 0.393 e. The molecule has 3 rings (SSSR count). The van der Waals surface area contributed by atoms with Crippen molar-refractivity contribution >= 4 is 11.6 Å². The maximum Gasteiger partial charge on any atom is 0.227 e. The Bertz CT molecular complexity index is 802. The van der Waals surface area contributed by atoms with Crippen LogP contribution >= 0.6 is 0 Å². The Balaban J connectivity index is 1.82. The number of halogens is 1. The zero-order valence-electron chi connectivity index (χ0n) is 12.5. The number of aromatic nitrogens is 4. The van der Waals surface area contributed by atoms with Crippen molar-refractivity contribution < 1.29 is 9.50 Å². The first-order valence-corrected chi connectivity index (χ1v) is 7.18. The number of hydrogen-bond donors (Lipinski definition) is 3. The topological polar surface area (TPSA) is 86.7 Å². The standard InChI is InChI=1S/C16H16FN5O/c1-10(23)7-11-3-2-4-12(8-11)20-16-18-6-5-14(21-16)13-9-19-22-15(13)17/h2-6,8-10,23H,7H2,1H3,(H,19,22)(H,18,20,21). The lowest BCUT2D eigenvalue weighted by atomic mass is 10.1. The number of aromatic amines is 1. The molecular formula is C16H16FN5O. The Hall–Kier alpha value is -2.80. The van der Waals surface area contributed by atoms with Crippen molar-refractivity contribution in [3.8, 4) is 11.3 Å². The van der Waals surface area contributed by atoms with E-state index in [1.807, 2.05) is 24.3 Å². The second-order valence-corrected chi connectivity index (χ2v) is 5.24. The number of aliphatic hydroxyl groups excluding tert-OH is 1. The predicted molar refractivity (Wildman–Crippen MR) is 84.7 cm³/mol. The van der Waals surface area contributed by atoms with Gasteiger partial charge in [-0.1, -0.05) is 12.1 Å². The van der Waals surface area contributed by atoms with Gasteiger partial charge in [-0.25, -0.2) is 9.97 Å². The van der Waals surface area contributed by atoms with Crippen LogP contribution in [0.5, 0.6) is 0 Å². The van der Waals surface area contributed by atoms with Crippen molar-refractivity contribution in [1.82, 2.24) is 20.2 Å². The summed E-state index contributed by atoms with van der Waals surface area (Å²) in [5.41, 5.74) is 2.53. The summed E-state index contributed by atoms with van der Waals surface area (Å²) in [4.78, 5) is 8.43. The van der Waals surface area contributed by atoms with E-state index in [0.717, 1.165) is 11.3 Å². The molecule has 3 N–H and O–H groups in total. The van der Waals surface area contributed by atoms with Crippen LogP contribution in [0.1, 0.15) is 12.5 Å². The molecule has 0 spiro atoms. The fraction of sp³-hybridized carbons (Fsp3) is 0.188. The molecular weight excluding hydrogens is 297 g/mol. The first-order valence-electron chi connectivity index (χ1n) is 7.18. The van der Waals surface area contributed by atoms with Crippen LogP contribution in [0.3, 0.4) is 0 Å². The summed E-state index contributed by atoms with van der Waals surface area (Å²) < 4.78 is 13.5. The van der Waals surface area contributed by atoms with E-state index in [1.165, 1.54) is 6.20 Å². The first-order chi connectivity index (χ1) is 11.1. The van der Waals surface area contributed by atoms with E-state index in [2.05, 4.69) is 25.5 Å². The monoisotopic (exact) mass is 313 g/mol. The highest BCUT2D eigenvalue weighted by atomic mass is 19.1. The number of nitrogens with one attached hydrogen (secondary N) is 2. The van der Waals surface area contributed by atoms with Crippen LogP contribution < -0.4 is 5.32 Å². The summed E-state index contributed by atoms with van der Waals surface area (Å²) in [6.45, 7) is 1.74. The third-order valence-corrected chi connectivity index (χ3v) is 3.24. The molecule has 0 saturated carbocycles. The summed E-state index contributed by atoms with van der Waals surface area (Å²) in [5, 5.41) is 18.4. The van der Waals surface area contributed by atoms with Gasteiger partial charge < -0.3 is 10.4 Å². The van der Waals surface area contributed by atoms with Crippen molar-refractivity contribution in [2.75, 3.05) is 5.32 Å². The van der Waals surface area contributed by atoms with Gasteiger partial charge in [-0.05, 0) is 37.1 Å². The molecule has 2 aromatic heterocycles. The average molecular weight is 313 g/mol. The van der Waals surface area contributed by atoms with Crippen molar-refractivity contribution in [2.24, 2.45) is 0 Å². The lowest BCUT2D eigenvalue weighted by Crippen LogP contribution is -2.04. The third-order valence-electron chi connectivity index (χ3n) is 3.24. The van der Waals surface area contributed by atoms with Gasteiger partial charge in [0.15, 0.2) is 0 Å². The van der Waals surface area contributed by atoms with E-state index < -0.39 is 12.1 Å². The normalized spacial score (nSPS) is 12.1. The van der Waals surface area contributed by atoms with E-state index >= 15 is 0 Å². The van der Waals surface area contributed by atoms with E-state index in [0.29, 0.717) is 23.6 Å². The summed E-state index contributed by atoms with van der Waals surface area (Å²) in [7, 11) is 0. The Labute approximate surface area is 132 Å². The smallest absolute Gasteiger partial charge is 0.227 e. The molecule has 1 unspecified atom stereocenters. The van der Waals surface area contributed by atoms with Crippen LogP contribution in [-0.2, 0) is 6.42 Å². The molecule has 0 bridgehead atoms. The zero-order chi connectivity index (χ0) is 16.2. The Morgan fingerprint density at radius 1 is 1.35 bits per heavy atom. The van der Waals surface area contributed by atoms with Crippen LogP contribution in [0, 0.1) is 5.95 Å². The van der Waals surface area contributed by atoms with E-state index in [4.69, 9.17) is 0 Å². The van der Waals surface area contributed by atoms with Crippen molar-refractivity contribution in [3.63, 3.8) is 0 Å². The lowest BCUT2D eigenvalue weighted by molar-refractivity contribution is 0.195. The van der Waals surface area contributed by atoms with Gasteiger partial charge in [0.05, 0.1) is 23.6 Å². The maximum absolute atomic E-state index is 13.5. The lowest BCUT2D eigenvalue weighted by Gasteiger charge is -2.09. The number of rotatable bonds is 5. The van der Waals surface area contributed by atoms with E-state index in [1.54, 1.807) is 19.2 Å². The molecule has 0 aliphatic heterocycles. The average Bonchev–Trinajstić information content (AvgIpc) is 2.93. The molecule has 118 valence electrons. The molecule has 0 saturated heterocycles. The molecule has 0 radical (unpaired) electrons. The predicted octanol–water partition coefficient (Wildman–Crippen LogP) is 2.67. The summed E-state index contributed by atoms with van der Waals surface area (Å²) in [6, 6.07) is 9.24. The van der Waals surface area contributed by atoms with E-state index in [-0.39, 0.29) is 0 Å². The second kappa shape index (κ2) is 6.53. The number of benzene rings is 1. The maximum atomic E-state index is 13.5. The quantitative estimate of drug-likeness (QED) is 0.674. The van der Waals surface area contributed by atoms with Crippen LogP contribution in [0.2, 0.25) is 0 Å². The molecule has 6 nitrogen and oxygen atoms in total. The van der Waals surface area contributed by atoms with Gasteiger partial charge >= 0.3 is 0 Å². The molecule has 0 fully saturated rings. The van der Waals surface area contributed by atoms with Gasteiger partial charge in [-0.15, -0.1) is 0 Å². The van der Waals surface area contributed by atoms with Gasteiger partial charge in [0.1, 0.15) is 0 Å². The number of hydrogen-bond acceptors (Lipinski definition) is 5.